The lowest BCUT2D eigenvalue weighted by Gasteiger charge is -2.20. The Morgan fingerprint density at radius 3 is 2.61 bits per heavy atom. The first-order valence-corrected chi connectivity index (χ1v) is 10.8. The molecule has 0 aliphatic rings. The number of fused-ring (bicyclic) bond motifs is 1. The highest BCUT2D eigenvalue weighted by Gasteiger charge is 2.16. The van der Waals surface area contributed by atoms with Crippen LogP contribution in [0, 0.1) is 0 Å². The number of benzene rings is 2. The predicted octanol–water partition coefficient (Wildman–Crippen LogP) is 5.47. The van der Waals surface area contributed by atoms with Crippen molar-refractivity contribution >= 4 is 22.6 Å². The molecule has 2 aromatic heterocycles. The first-order chi connectivity index (χ1) is 15.1. The normalized spacial score (nSPS) is 11.5. The first-order valence-electron chi connectivity index (χ1n) is 10.4. The van der Waals surface area contributed by atoms with E-state index < -0.39 is 0 Å². The van der Waals surface area contributed by atoms with Crippen LogP contribution in [0.2, 0.25) is 5.02 Å². The van der Waals surface area contributed by atoms with Crippen molar-refractivity contribution in [2.24, 2.45) is 0 Å². The highest BCUT2D eigenvalue weighted by Crippen LogP contribution is 2.27. The lowest BCUT2D eigenvalue weighted by atomic mass is 10.1. The fraction of sp³-hybridized carbons (Fsp3) is 0.292. The van der Waals surface area contributed by atoms with E-state index >= 15 is 0 Å². The number of rotatable bonds is 8. The zero-order chi connectivity index (χ0) is 21.8. The van der Waals surface area contributed by atoms with Gasteiger partial charge < -0.3 is 8.83 Å². The minimum Gasteiger partial charge on any atom is -0.423 e. The molecular weight excluding hydrogens is 414 g/mol. The second-order valence-corrected chi connectivity index (χ2v) is 7.87. The minimum absolute atomic E-state index is 0.342. The summed E-state index contributed by atoms with van der Waals surface area (Å²) in [7, 11) is 0. The summed E-state index contributed by atoms with van der Waals surface area (Å²) < 4.78 is 11.3. The third kappa shape index (κ3) is 4.86. The summed E-state index contributed by atoms with van der Waals surface area (Å²) in [4.78, 5) is 14.3. The summed E-state index contributed by atoms with van der Waals surface area (Å²) in [5.41, 5.74) is 3.05. The van der Waals surface area contributed by atoms with Crippen LogP contribution < -0.4 is 5.63 Å². The zero-order valence-corrected chi connectivity index (χ0v) is 18.4. The van der Waals surface area contributed by atoms with Gasteiger partial charge >= 0.3 is 5.63 Å². The molecule has 2 heterocycles. The Morgan fingerprint density at radius 2 is 1.84 bits per heavy atom. The molecule has 0 saturated carbocycles. The Balaban J connectivity index is 1.59. The van der Waals surface area contributed by atoms with Gasteiger partial charge in [-0.2, -0.15) is 0 Å². The van der Waals surface area contributed by atoms with Crippen molar-refractivity contribution in [2.75, 3.05) is 6.54 Å². The highest BCUT2D eigenvalue weighted by atomic mass is 35.5. The van der Waals surface area contributed by atoms with Crippen molar-refractivity contribution < 1.29 is 8.83 Å². The van der Waals surface area contributed by atoms with Gasteiger partial charge in [-0.25, -0.2) is 4.79 Å². The van der Waals surface area contributed by atoms with E-state index in [9.17, 15) is 4.79 Å². The molecule has 4 rings (SSSR count). The van der Waals surface area contributed by atoms with Gasteiger partial charge in [-0.05, 0) is 48.7 Å². The average molecular weight is 438 g/mol. The molecule has 4 aromatic rings. The quantitative estimate of drug-likeness (QED) is 0.340. The van der Waals surface area contributed by atoms with Gasteiger partial charge in [-0.15, -0.1) is 10.2 Å². The molecular formula is C24H24ClN3O3. The summed E-state index contributed by atoms with van der Waals surface area (Å²) in [6, 6.07) is 15.0. The molecule has 0 radical (unpaired) electrons. The number of aromatic nitrogens is 2. The number of hydrogen-bond donors (Lipinski definition) is 0. The zero-order valence-electron chi connectivity index (χ0n) is 17.6. The molecule has 0 spiro atoms. The monoisotopic (exact) mass is 437 g/mol. The van der Waals surface area contributed by atoms with Crippen molar-refractivity contribution in [2.45, 2.75) is 39.8 Å². The Hall–Kier alpha value is -2.96. The predicted molar refractivity (Wildman–Crippen MR) is 121 cm³/mol. The third-order valence-electron chi connectivity index (χ3n) is 5.17. The van der Waals surface area contributed by atoms with E-state index in [0.29, 0.717) is 41.0 Å². The molecule has 2 aromatic carbocycles. The SMILES string of the molecule is CCCN(Cc1nnc(-c2ccccc2Cl)o1)Cc1cc(=O)oc2cc(CC)ccc12. The van der Waals surface area contributed by atoms with E-state index in [4.69, 9.17) is 20.4 Å². The molecule has 0 amide bonds. The van der Waals surface area contributed by atoms with E-state index in [2.05, 4.69) is 35.0 Å². The van der Waals surface area contributed by atoms with Crippen molar-refractivity contribution in [1.82, 2.24) is 15.1 Å². The largest absolute Gasteiger partial charge is 0.423 e. The molecule has 0 fully saturated rings. The van der Waals surface area contributed by atoms with Crippen LogP contribution in [-0.4, -0.2) is 21.6 Å². The topological polar surface area (TPSA) is 72.4 Å². The second kappa shape index (κ2) is 9.45. The van der Waals surface area contributed by atoms with E-state index in [-0.39, 0.29) is 5.63 Å². The molecule has 31 heavy (non-hydrogen) atoms. The Labute approximate surface area is 185 Å². The summed E-state index contributed by atoms with van der Waals surface area (Å²) >= 11 is 6.25. The summed E-state index contributed by atoms with van der Waals surface area (Å²) in [5, 5.41) is 9.87. The molecule has 0 saturated heterocycles. The van der Waals surface area contributed by atoms with Gasteiger partial charge in [0.1, 0.15) is 5.58 Å². The van der Waals surface area contributed by atoms with Crippen molar-refractivity contribution in [3.8, 4) is 11.5 Å². The third-order valence-corrected chi connectivity index (χ3v) is 5.50. The lowest BCUT2D eigenvalue weighted by molar-refractivity contribution is 0.232. The molecule has 6 nitrogen and oxygen atoms in total. The Kier molecular flexibility index (Phi) is 6.49. The van der Waals surface area contributed by atoms with E-state index in [1.807, 2.05) is 30.3 Å². The van der Waals surface area contributed by atoms with Crippen LogP contribution in [0.15, 0.2) is 62.2 Å². The molecule has 7 heteroatoms. The van der Waals surface area contributed by atoms with Gasteiger partial charge in [0.15, 0.2) is 0 Å². The molecule has 0 unspecified atom stereocenters. The molecule has 0 atom stereocenters. The summed E-state index contributed by atoms with van der Waals surface area (Å²) in [6.45, 7) is 6.05. The Bertz CT molecular complexity index is 1250. The van der Waals surface area contributed by atoms with Crippen LogP contribution in [0.4, 0.5) is 0 Å². The van der Waals surface area contributed by atoms with Crippen molar-refractivity contribution in [3.05, 3.63) is 81.0 Å². The van der Waals surface area contributed by atoms with Crippen LogP contribution in [-0.2, 0) is 19.5 Å². The number of nitrogens with zero attached hydrogens (tertiary/aromatic N) is 3. The fourth-order valence-electron chi connectivity index (χ4n) is 3.65. The standard InChI is InChI=1S/C24H24ClN3O3/c1-3-11-28(15-22-26-27-24(31-22)19-7-5-6-8-20(19)25)14-17-13-23(29)30-21-12-16(4-2)9-10-18(17)21/h5-10,12-13H,3-4,11,14-15H2,1-2H3. The average Bonchev–Trinajstić information content (AvgIpc) is 3.21. The van der Waals surface area contributed by atoms with Crippen LogP contribution in [0.5, 0.6) is 0 Å². The second-order valence-electron chi connectivity index (χ2n) is 7.47. The minimum atomic E-state index is -0.342. The van der Waals surface area contributed by atoms with Gasteiger partial charge in [0.05, 0.1) is 17.1 Å². The summed E-state index contributed by atoms with van der Waals surface area (Å²) in [6.07, 6.45) is 1.83. The van der Waals surface area contributed by atoms with Crippen molar-refractivity contribution in [1.29, 1.82) is 0 Å². The summed E-state index contributed by atoms with van der Waals surface area (Å²) in [5.74, 6) is 0.902. The van der Waals surface area contributed by atoms with Crippen LogP contribution in [0.25, 0.3) is 22.4 Å². The number of halogens is 1. The molecule has 0 N–H and O–H groups in total. The first kappa shape index (κ1) is 21.3. The van der Waals surface area contributed by atoms with Crippen LogP contribution in [0.3, 0.4) is 0 Å². The van der Waals surface area contributed by atoms with Gasteiger partial charge in [0, 0.05) is 18.0 Å². The van der Waals surface area contributed by atoms with Crippen LogP contribution >= 0.6 is 11.6 Å². The molecule has 0 aliphatic heterocycles. The number of hydrogen-bond acceptors (Lipinski definition) is 6. The van der Waals surface area contributed by atoms with Gasteiger partial charge in [0.25, 0.3) is 0 Å². The fourth-order valence-corrected chi connectivity index (χ4v) is 3.87. The maximum atomic E-state index is 12.2. The Morgan fingerprint density at radius 1 is 1.00 bits per heavy atom. The maximum absolute atomic E-state index is 12.2. The van der Waals surface area contributed by atoms with Gasteiger partial charge in [-0.3, -0.25) is 4.90 Å². The van der Waals surface area contributed by atoms with E-state index in [1.165, 1.54) is 0 Å². The smallest absolute Gasteiger partial charge is 0.336 e. The molecule has 0 bridgehead atoms. The number of aryl methyl sites for hydroxylation is 1. The molecule has 0 aliphatic carbocycles. The van der Waals surface area contributed by atoms with Gasteiger partial charge in [0.2, 0.25) is 11.8 Å². The van der Waals surface area contributed by atoms with Crippen LogP contribution in [0.1, 0.15) is 37.3 Å². The maximum Gasteiger partial charge on any atom is 0.336 e. The van der Waals surface area contributed by atoms with E-state index in [0.717, 1.165) is 35.9 Å². The highest BCUT2D eigenvalue weighted by molar-refractivity contribution is 6.33. The lowest BCUT2D eigenvalue weighted by Crippen LogP contribution is -2.24. The molecule has 160 valence electrons. The van der Waals surface area contributed by atoms with Gasteiger partial charge in [-0.1, -0.05) is 49.7 Å². The van der Waals surface area contributed by atoms with E-state index in [1.54, 1.807) is 12.1 Å². The van der Waals surface area contributed by atoms with Crippen molar-refractivity contribution in [3.63, 3.8) is 0 Å².